The Morgan fingerprint density at radius 1 is 1.03 bits per heavy atom. The smallest absolute Gasteiger partial charge is 0.255 e. The minimum absolute atomic E-state index is 0.0109. The van der Waals surface area contributed by atoms with Crippen molar-refractivity contribution < 1.29 is 18.0 Å². The molecule has 1 saturated carbocycles. The van der Waals surface area contributed by atoms with Gasteiger partial charge in [-0.15, -0.1) is 0 Å². The van der Waals surface area contributed by atoms with Crippen LogP contribution in [0.3, 0.4) is 0 Å². The summed E-state index contributed by atoms with van der Waals surface area (Å²) in [6.45, 7) is 0. The summed E-state index contributed by atoms with van der Waals surface area (Å²) >= 11 is 0. The Kier molecular flexibility index (Phi) is 6.95. The number of amides is 1. The first-order valence-corrected chi connectivity index (χ1v) is 12.7. The van der Waals surface area contributed by atoms with E-state index in [-0.39, 0.29) is 22.3 Å². The molecule has 34 heavy (non-hydrogen) atoms. The second kappa shape index (κ2) is 9.90. The lowest BCUT2D eigenvalue weighted by Crippen LogP contribution is -2.38. The maximum Gasteiger partial charge on any atom is 0.255 e. The van der Waals surface area contributed by atoms with Crippen molar-refractivity contribution in [1.29, 1.82) is 0 Å². The molecule has 4 rings (SSSR count). The van der Waals surface area contributed by atoms with E-state index in [1.54, 1.807) is 67.5 Å². The molecule has 0 unspecified atom stereocenters. The van der Waals surface area contributed by atoms with E-state index in [0.29, 0.717) is 17.1 Å². The molecule has 0 saturated heterocycles. The van der Waals surface area contributed by atoms with Crippen LogP contribution in [0.4, 0.5) is 5.69 Å². The average molecular weight is 481 g/mol. The molecular weight excluding hydrogens is 452 g/mol. The highest BCUT2D eigenvalue weighted by atomic mass is 32.2. The number of sulfonamides is 1. The molecule has 0 atom stereocenters. The molecule has 1 aliphatic rings. The number of benzene rings is 2. The van der Waals surface area contributed by atoms with Crippen molar-refractivity contribution in [1.82, 2.24) is 13.9 Å². The van der Waals surface area contributed by atoms with Crippen LogP contribution in [0.1, 0.15) is 58.6 Å². The van der Waals surface area contributed by atoms with Gasteiger partial charge >= 0.3 is 0 Å². The van der Waals surface area contributed by atoms with Crippen LogP contribution in [0.25, 0.3) is 0 Å². The molecule has 1 fully saturated rings. The Bertz CT molecular complexity index is 1290. The minimum atomic E-state index is -3.70. The molecule has 0 radical (unpaired) electrons. The lowest BCUT2D eigenvalue weighted by molar-refractivity contribution is 0.102. The van der Waals surface area contributed by atoms with Crippen molar-refractivity contribution in [2.45, 2.75) is 43.0 Å². The van der Waals surface area contributed by atoms with Gasteiger partial charge in [-0.25, -0.2) is 13.4 Å². The third-order valence-corrected chi connectivity index (χ3v) is 8.20. The summed E-state index contributed by atoms with van der Waals surface area (Å²) < 4.78 is 29.4. The van der Waals surface area contributed by atoms with Crippen LogP contribution < -0.4 is 5.32 Å². The lowest BCUT2D eigenvalue weighted by Gasteiger charge is -2.30. The largest absolute Gasteiger partial charge is 0.331 e. The molecule has 1 aromatic heterocycles. The van der Waals surface area contributed by atoms with Crippen LogP contribution >= 0.6 is 0 Å². The van der Waals surface area contributed by atoms with E-state index < -0.39 is 15.9 Å². The molecule has 1 heterocycles. The number of ketones is 1. The SMILES string of the molecule is CN(C1CCCCC1)S(=O)(=O)c1cccc(C(=O)Nc2ccc(C(=O)c3nccn3C)cc2)c1. The molecule has 2 aromatic carbocycles. The van der Waals surface area contributed by atoms with E-state index in [1.807, 2.05) is 0 Å². The zero-order chi connectivity index (χ0) is 24.3. The molecule has 8 nitrogen and oxygen atoms in total. The van der Waals surface area contributed by atoms with Crippen LogP contribution in [-0.2, 0) is 17.1 Å². The van der Waals surface area contributed by atoms with Crippen molar-refractivity contribution >= 4 is 27.4 Å². The van der Waals surface area contributed by atoms with E-state index in [0.717, 1.165) is 32.1 Å². The normalized spacial score (nSPS) is 14.8. The number of carbonyl (C=O) groups excluding carboxylic acids is 2. The van der Waals surface area contributed by atoms with Gasteiger partial charge in [0.1, 0.15) is 0 Å². The number of aromatic nitrogens is 2. The summed E-state index contributed by atoms with van der Waals surface area (Å²) in [5.41, 5.74) is 1.19. The van der Waals surface area contributed by atoms with Gasteiger partial charge in [0.05, 0.1) is 4.90 Å². The molecule has 3 aromatic rings. The van der Waals surface area contributed by atoms with Gasteiger partial charge in [0.2, 0.25) is 15.8 Å². The summed E-state index contributed by atoms with van der Waals surface area (Å²) in [5.74, 6) is -0.320. The molecule has 1 amide bonds. The molecule has 0 bridgehead atoms. The Balaban J connectivity index is 1.47. The van der Waals surface area contributed by atoms with Gasteiger partial charge in [-0.05, 0) is 55.3 Å². The van der Waals surface area contributed by atoms with Gasteiger partial charge in [0.15, 0.2) is 5.82 Å². The Morgan fingerprint density at radius 3 is 2.38 bits per heavy atom. The number of nitrogens with zero attached hydrogens (tertiary/aromatic N) is 3. The molecule has 9 heteroatoms. The van der Waals surface area contributed by atoms with Crippen LogP contribution in [0.15, 0.2) is 65.8 Å². The third-order valence-electron chi connectivity index (χ3n) is 6.29. The molecule has 1 N–H and O–H groups in total. The number of hydrogen-bond donors (Lipinski definition) is 1. The van der Waals surface area contributed by atoms with Crippen molar-refractivity contribution in [2.24, 2.45) is 7.05 Å². The standard InChI is InChI=1S/C25H28N4O4S/c1-28-16-15-26-24(28)23(30)18-11-13-20(14-12-18)27-25(31)19-7-6-10-22(17-19)34(32,33)29(2)21-8-4-3-5-9-21/h6-7,10-17,21H,3-5,8-9H2,1-2H3,(H,27,31). The van der Waals surface area contributed by atoms with Crippen molar-refractivity contribution in [3.05, 3.63) is 77.9 Å². The number of imidazole rings is 1. The number of nitrogens with one attached hydrogen (secondary N) is 1. The summed E-state index contributed by atoms with van der Waals surface area (Å²) in [5, 5.41) is 2.76. The zero-order valence-corrected chi connectivity index (χ0v) is 20.1. The third kappa shape index (κ3) is 4.95. The van der Waals surface area contributed by atoms with Crippen LogP contribution in [0.2, 0.25) is 0 Å². The van der Waals surface area contributed by atoms with Gasteiger partial charge < -0.3 is 9.88 Å². The van der Waals surface area contributed by atoms with Gasteiger partial charge in [0, 0.05) is 49.3 Å². The first kappa shape index (κ1) is 23.8. The maximum atomic E-state index is 13.1. The highest BCUT2D eigenvalue weighted by Gasteiger charge is 2.29. The van der Waals surface area contributed by atoms with E-state index >= 15 is 0 Å². The zero-order valence-electron chi connectivity index (χ0n) is 19.3. The average Bonchev–Trinajstić information content (AvgIpc) is 3.30. The van der Waals surface area contributed by atoms with Gasteiger partial charge in [-0.1, -0.05) is 25.3 Å². The summed E-state index contributed by atoms with van der Waals surface area (Å²) in [6, 6.07) is 12.6. The predicted octanol–water partition coefficient (Wildman–Crippen LogP) is 3.86. The number of anilines is 1. The lowest BCUT2D eigenvalue weighted by atomic mass is 9.96. The first-order chi connectivity index (χ1) is 16.3. The van der Waals surface area contributed by atoms with Crippen LogP contribution in [-0.4, -0.2) is 47.1 Å². The number of hydrogen-bond acceptors (Lipinski definition) is 5. The highest BCUT2D eigenvalue weighted by Crippen LogP contribution is 2.27. The second-order valence-electron chi connectivity index (χ2n) is 8.56. The Hall–Kier alpha value is -3.30. The van der Waals surface area contributed by atoms with Gasteiger partial charge in [-0.3, -0.25) is 9.59 Å². The predicted molar refractivity (Wildman–Crippen MR) is 129 cm³/mol. The maximum absolute atomic E-state index is 13.1. The molecular formula is C25H28N4O4S. The molecule has 1 aliphatic carbocycles. The topological polar surface area (TPSA) is 101 Å². The van der Waals surface area contributed by atoms with E-state index in [9.17, 15) is 18.0 Å². The van der Waals surface area contributed by atoms with Gasteiger partial charge in [-0.2, -0.15) is 4.31 Å². The van der Waals surface area contributed by atoms with E-state index in [2.05, 4.69) is 10.3 Å². The fourth-order valence-corrected chi connectivity index (χ4v) is 5.69. The first-order valence-electron chi connectivity index (χ1n) is 11.3. The number of rotatable bonds is 7. The highest BCUT2D eigenvalue weighted by molar-refractivity contribution is 7.89. The van der Waals surface area contributed by atoms with Crippen molar-refractivity contribution in [2.75, 3.05) is 12.4 Å². The van der Waals surface area contributed by atoms with Crippen molar-refractivity contribution in [3.8, 4) is 0 Å². The summed E-state index contributed by atoms with van der Waals surface area (Å²) in [6.07, 6.45) is 8.16. The van der Waals surface area contributed by atoms with Crippen molar-refractivity contribution in [3.63, 3.8) is 0 Å². The molecule has 0 spiro atoms. The van der Waals surface area contributed by atoms with E-state index in [1.165, 1.54) is 16.4 Å². The molecule has 0 aliphatic heterocycles. The molecule has 178 valence electrons. The number of carbonyl (C=O) groups is 2. The second-order valence-corrected chi connectivity index (χ2v) is 10.6. The fourth-order valence-electron chi connectivity index (χ4n) is 4.23. The minimum Gasteiger partial charge on any atom is -0.331 e. The quantitative estimate of drug-likeness (QED) is 0.518. The number of aryl methyl sites for hydroxylation is 1. The summed E-state index contributed by atoms with van der Waals surface area (Å²) in [4.78, 5) is 29.5. The van der Waals surface area contributed by atoms with Gasteiger partial charge in [0.25, 0.3) is 5.91 Å². The van der Waals surface area contributed by atoms with Crippen LogP contribution in [0.5, 0.6) is 0 Å². The van der Waals surface area contributed by atoms with Crippen LogP contribution in [0, 0.1) is 0 Å². The summed E-state index contributed by atoms with van der Waals surface area (Å²) in [7, 11) is -0.337. The fraction of sp³-hybridized carbons (Fsp3) is 0.320. The Morgan fingerprint density at radius 2 is 1.74 bits per heavy atom. The monoisotopic (exact) mass is 480 g/mol. The Labute approximate surface area is 199 Å². The van der Waals surface area contributed by atoms with E-state index in [4.69, 9.17) is 0 Å².